The van der Waals surface area contributed by atoms with Crippen LogP contribution in [0.1, 0.15) is 24.6 Å². The Morgan fingerprint density at radius 1 is 1.20 bits per heavy atom. The molecule has 1 aromatic heterocycles. The topological polar surface area (TPSA) is 51.2 Å². The molecule has 0 atom stereocenters. The van der Waals surface area contributed by atoms with E-state index in [-0.39, 0.29) is 5.91 Å². The number of carbonyl (C=O) groups is 1. The first kappa shape index (κ1) is 21.2. The minimum atomic E-state index is 0.114. The molecular weight excluding hydrogens is 400 g/mol. The molecule has 0 N–H and O–H groups in total. The van der Waals surface area contributed by atoms with Gasteiger partial charge < -0.3 is 19.1 Å². The standard InChI is InChI=1S/C23H30N2O4S/c1-2-27-17-18-7-9-24(10-8-18)16-23(26)25(15-20-4-3-13-30-20)19-5-6-21-22(14-19)29-12-11-28-21/h3-6,13-14,18H,2,7-12,15-17H2,1H3. The maximum Gasteiger partial charge on any atom is 0.241 e. The van der Waals surface area contributed by atoms with Crippen molar-refractivity contribution >= 4 is 22.9 Å². The Bertz CT molecular complexity index is 819. The zero-order valence-corrected chi connectivity index (χ0v) is 18.4. The van der Waals surface area contributed by atoms with Crippen LogP contribution in [0, 0.1) is 5.92 Å². The van der Waals surface area contributed by atoms with Gasteiger partial charge in [-0.1, -0.05) is 6.07 Å². The Morgan fingerprint density at radius 2 is 2.00 bits per heavy atom. The summed E-state index contributed by atoms with van der Waals surface area (Å²) in [7, 11) is 0. The van der Waals surface area contributed by atoms with Crippen LogP contribution in [-0.2, 0) is 16.1 Å². The van der Waals surface area contributed by atoms with E-state index in [9.17, 15) is 4.79 Å². The molecule has 2 aliphatic rings. The molecule has 1 amide bonds. The van der Waals surface area contributed by atoms with Crippen LogP contribution in [0.5, 0.6) is 11.5 Å². The maximum absolute atomic E-state index is 13.4. The molecule has 3 heterocycles. The second-order valence-corrected chi connectivity index (χ2v) is 8.80. The van der Waals surface area contributed by atoms with Crippen LogP contribution in [-0.4, -0.2) is 56.9 Å². The molecule has 0 bridgehead atoms. The van der Waals surface area contributed by atoms with Crippen LogP contribution in [0.2, 0.25) is 0 Å². The van der Waals surface area contributed by atoms with E-state index in [1.807, 2.05) is 41.5 Å². The fourth-order valence-electron chi connectivity index (χ4n) is 3.95. The summed E-state index contributed by atoms with van der Waals surface area (Å²) in [4.78, 5) is 18.7. The van der Waals surface area contributed by atoms with Crippen LogP contribution < -0.4 is 14.4 Å². The molecule has 2 aromatic rings. The summed E-state index contributed by atoms with van der Waals surface area (Å²) in [6.07, 6.45) is 2.17. The molecule has 1 saturated heterocycles. The van der Waals surface area contributed by atoms with Gasteiger partial charge in [-0.2, -0.15) is 0 Å². The van der Waals surface area contributed by atoms with Crippen molar-refractivity contribution in [2.45, 2.75) is 26.3 Å². The molecule has 162 valence electrons. The molecule has 0 saturated carbocycles. The number of thiophene rings is 1. The van der Waals surface area contributed by atoms with Crippen molar-refractivity contribution in [2.75, 3.05) is 51.0 Å². The number of hydrogen-bond donors (Lipinski definition) is 0. The highest BCUT2D eigenvalue weighted by Gasteiger charge is 2.25. The van der Waals surface area contributed by atoms with Gasteiger partial charge in [0.2, 0.25) is 5.91 Å². The van der Waals surface area contributed by atoms with Gasteiger partial charge in [-0.3, -0.25) is 9.69 Å². The third kappa shape index (κ3) is 5.33. The fourth-order valence-corrected chi connectivity index (χ4v) is 4.65. The first-order valence-electron chi connectivity index (χ1n) is 10.8. The van der Waals surface area contributed by atoms with Gasteiger partial charge in [0, 0.05) is 29.8 Å². The number of fused-ring (bicyclic) bond motifs is 1. The van der Waals surface area contributed by atoms with E-state index in [1.165, 1.54) is 0 Å². The highest BCUT2D eigenvalue weighted by Crippen LogP contribution is 2.35. The van der Waals surface area contributed by atoms with Crippen molar-refractivity contribution in [3.8, 4) is 11.5 Å². The fraction of sp³-hybridized carbons (Fsp3) is 0.522. The Morgan fingerprint density at radius 3 is 2.73 bits per heavy atom. The van der Waals surface area contributed by atoms with E-state index in [1.54, 1.807) is 11.3 Å². The van der Waals surface area contributed by atoms with Crippen LogP contribution >= 0.6 is 11.3 Å². The van der Waals surface area contributed by atoms with Crippen molar-refractivity contribution in [2.24, 2.45) is 5.92 Å². The quantitative estimate of drug-likeness (QED) is 0.638. The van der Waals surface area contributed by atoms with Crippen molar-refractivity contribution in [3.05, 3.63) is 40.6 Å². The molecule has 1 fully saturated rings. The van der Waals surface area contributed by atoms with Crippen molar-refractivity contribution in [1.82, 2.24) is 4.90 Å². The van der Waals surface area contributed by atoms with E-state index >= 15 is 0 Å². The third-order valence-corrected chi connectivity index (χ3v) is 6.52. The highest BCUT2D eigenvalue weighted by molar-refractivity contribution is 7.09. The second kappa shape index (κ2) is 10.3. The summed E-state index contributed by atoms with van der Waals surface area (Å²) < 4.78 is 17.0. The molecule has 4 rings (SSSR count). The van der Waals surface area contributed by atoms with Gasteiger partial charge in [-0.25, -0.2) is 0 Å². The number of hydrogen-bond acceptors (Lipinski definition) is 6. The van der Waals surface area contributed by atoms with E-state index < -0.39 is 0 Å². The van der Waals surface area contributed by atoms with Crippen LogP contribution in [0.15, 0.2) is 35.7 Å². The molecule has 7 heteroatoms. The molecule has 0 unspecified atom stereocenters. The molecule has 6 nitrogen and oxygen atoms in total. The largest absolute Gasteiger partial charge is 0.486 e. The number of ether oxygens (including phenoxy) is 3. The summed E-state index contributed by atoms with van der Waals surface area (Å²) in [6, 6.07) is 9.87. The van der Waals surface area contributed by atoms with Gasteiger partial charge in [0.1, 0.15) is 13.2 Å². The van der Waals surface area contributed by atoms with E-state index in [0.29, 0.717) is 38.0 Å². The smallest absolute Gasteiger partial charge is 0.241 e. The van der Waals surface area contributed by atoms with E-state index in [4.69, 9.17) is 14.2 Å². The van der Waals surface area contributed by atoms with E-state index in [2.05, 4.69) is 11.0 Å². The van der Waals surface area contributed by atoms with E-state index in [0.717, 1.165) is 55.5 Å². The summed E-state index contributed by atoms with van der Waals surface area (Å²) in [6.45, 7) is 7.61. The number of rotatable bonds is 8. The Balaban J connectivity index is 1.44. The van der Waals surface area contributed by atoms with Gasteiger partial charge in [-0.15, -0.1) is 11.3 Å². The molecule has 0 radical (unpaired) electrons. The number of benzene rings is 1. The summed E-state index contributed by atoms with van der Waals surface area (Å²) in [5.74, 6) is 2.17. The molecule has 1 aromatic carbocycles. The maximum atomic E-state index is 13.4. The average Bonchev–Trinajstić information content (AvgIpc) is 3.30. The zero-order valence-electron chi connectivity index (χ0n) is 17.5. The summed E-state index contributed by atoms with van der Waals surface area (Å²) >= 11 is 1.67. The molecule has 0 spiro atoms. The monoisotopic (exact) mass is 430 g/mol. The van der Waals surface area contributed by atoms with Gasteiger partial charge in [-0.05, 0) is 62.4 Å². The normalized spacial score (nSPS) is 17.1. The van der Waals surface area contributed by atoms with Crippen LogP contribution in [0.25, 0.3) is 0 Å². The van der Waals surface area contributed by atoms with Crippen molar-refractivity contribution in [3.63, 3.8) is 0 Å². The number of likely N-dealkylation sites (tertiary alicyclic amines) is 1. The minimum Gasteiger partial charge on any atom is -0.486 e. The number of nitrogens with zero attached hydrogens (tertiary/aromatic N) is 2. The number of anilines is 1. The lowest BCUT2D eigenvalue weighted by Crippen LogP contribution is -2.43. The Labute approximate surface area is 182 Å². The molecular formula is C23H30N2O4S. The summed E-state index contributed by atoms with van der Waals surface area (Å²) in [5.41, 5.74) is 0.851. The second-order valence-electron chi connectivity index (χ2n) is 7.77. The van der Waals surface area contributed by atoms with Gasteiger partial charge in [0.25, 0.3) is 0 Å². The van der Waals surface area contributed by atoms with Gasteiger partial charge >= 0.3 is 0 Å². The van der Waals surface area contributed by atoms with Crippen molar-refractivity contribution in [1.29, 1.82) is 0 Å². The van der Waals surface area contributed by atoms with Crippen LogP contribution in [0.3, 0.4) is 0 Å². The predicted octanol–water partition coefficient (Wildman–Crippen LogP) is 3.80. The lowest BCUT2D eigenvalue weighted by atomic mass is 9.98. The SMILES string of the molecule is CCOCC1CCN(CC(=O)N(Cc2cccs2)c2ccc3c(c2)OCCO3)CC1. The first-order valence-corrected chi connectivity index (χ1v) is 11.6. The Kier molecular flexibility index (Phi) is 7.25. The minimum absolute atomic E-state index is 0.114. The number of amides is 1. The number of piperidine rings is 1. The van der Waals surface area contributed by atoms with Crippen LogP contribution in [0.4, 0.5) is 5.69 Å². The average molecular weight is 431 g/mol. The zero-order chi connectivity index (χ0) is 20.8. The number of carbonyl (C=O) groups excluding carboxylic acids is 1. The lowest BCUT2D eigenvalue weighted by molar-refractivity contribution is -0.120. The highest BCUT2D eigenvalue weighted by atomic mass is 32.1. The third-order valence-electron chi connectivity index (χ3n) is 5.66. The van der Waals surface area contributed by atoms with Crippen molar-refractivity contribution < 1.29 is 19.0 Å². The predicted molar refractivity (Wildman–Crippen MR) is 119 cm³/mol. The molecule has 30 heavy (non-hydrogen) atoms. The van der Waals surface area contributed by atoms with Gasteiger partial charge in [0.05, 0.1) is 13.1 Å². The van der Waals surface area contributed by atoms with Gasteiger partial charge in [0.15, 0.2) is 11.5 Å². The lowest BCUT2D eigenvalue weighted by Gasteiger charge is -2.33. The molecule has 0 aliphatic carbocycles. The first-order chi connectivity index (χ1) is 14.7. The summed E-state index contributed by atoms with van der Waals surface area (Å²) in [5, 5.41) is 2.05. The Hall–Kier alpha value is -2.09. The molecule has 2 aliphatic heterocycles.